The van der Waals surface area contributed by atoms with Crippen molar-refractivity contribution in [2.45, 2.75) is 171 Å². The Morgan fingerprint density at radius 3 is 1.57 bits per heavy atom. The number of amides is 2. The molecule has 44 heavy (non-hydrogen) atoms. The van der Waals surface area contributed by atoms with Crippen molar-refractivity contribution < 1.29 is 28.6 Å². The fourth-order valence-corrected chi connectivity index (χ4v) is 9.34. The van der Waals surface area contributed by atoms with Crippen molar-refractivity contribution in [3.05, 3.63) is 0 Å². The number of esters is 1. The molecule has 1 N–H and O–H groups in total. The largest absolute Gasteiger partial charge is 0.469 e. The number of nitrogens with zero attached hydrogens (tertiary/aromatic N) is 3. The molecule has 250 valence electrons. The topological polar surface area (TPSA) is 101 Å². The van der Waals surface area contributed by atoms with Crippen molar-refractivity contribution >= 4 is 17.8 Å². The van der Waals surface area contributed by atoms with E-state index in [-0.39, 0.29) is 52.1 Å². The van der Waals surface area contributed by atoms with Gasteiger partial charge in [0, 0.05) is 54.4 Å². The average Bonchev–Trinajstić information content (AvgIpc) is 3.27. The Morgan fingerprint density at radius 1 is 0.750 bits per heavy atom. The second-order valence-electron chi connectivity index (χ2n) is 17.2. The van der Waals surface area contributed by atoms with Crippen LogP contribution in [0.1, 0.15) is 126 Å². The molecule has 4 spiro atoms. The standard InChI is InChI=1S/C19H32N2O4.C15H26N2O2/c1-16(2)12-18(13-17(3,4)20(16)5)15(23)21(11-8-14(22)24-6)19(25-18)9-7-10-19;1-12(2)9-14(10-13(3,4)17(12)5)11(18)16-15(19-14)7-6-8-15/h7-13H2,1-6H3;6-10H2,1-5H3,(H,16,18). The van der Waals surface area contributed by atoms with Gasteiger partial charge in [0.2, 0.25) is 0 Å². The molecule has 6 fully saturated rings. The molecule has 2 saturated carbocycles. The van der Waals surface area contributed by atoms with Crippen LogP contribution in [0.2, 0.25) is 0 Å². The number of likely N-dealkylation sites (tertiary alicyclic amines) is 2. The van der Waals surface area contributed by atoms with E-state index in [0.717, 1.165) is 51.4 Å². The van der Waals surface area contributed by atoms with Crippen LogP contribution < -0.4 is 5.32 Å². The molecule has 0 radical (unpaired) electrons. The molecule has 2 amide bonds. The van der Waals surface area contributed by atoms with Gasteiger partial charge in [-0.1, -0.05) is 0 Å². The summed E-state index contributed by atoms with van der Waals surface area (Å²) in [4.78, 5) is 44.3. The Bertz CT molecular complexity index is 1150. The third kappa shape index (κ3) is 5.29. The lowest BCUT2D eigenvalue weighted by Crippen LogP contribution is -2.66. The highest BCUT2D eigenvalue weighted by Gasteiger charge is 2.67. The van der Waals surface area contributed by atoms with Gasteiger partial charge in [-0.05, 0) is 108 Å². The molecule has 10 nitrogen and oxygen atoms in total. The smallest absolute Gasteiger partial charge is 0.307 e. The fraction of sp³-hybridized carbons (Fsp3) is 0.912. The summed E-state index contributed by atoms with van der Waals surface area (Å²) in [6, 6.07) is 0. The first-order valence-corrected chi connectivity index (χ1v) is 16.7. The number of rotatable bonds is 3. The van der Waals surface area contributed by atoms with Crippen LogP contribution in [0.25, 0.3) is 0 Å². The Morgan fingerprint density at radius 2 is 1.20 bits per heavy atom. The fourth-order valence-electron chi connectivity index (χ4n) is 9.34. The van der Waals surface area contributed by atoms with E-state index in [2.05, 4.69) is 84.6 Å². The third-order valence-electron chi connectivity index (χ3n) is 12.2. The lowest BCUT2D eigenvalue weighted by Gasteiger charge is -2.56. The zero-order valence-electron chi connectivity index (χ0n) is 29.3. The molecule has 4 aliphatic heterocycles. The van der Waals surface area contributed by atoms with E-state index in [1.54, 1.807) is 0 Å². The minimum Gasteiger partial charge on any atom is -0.469 e. The molecule has 6 rings (SSSR count). The van der Waals surface area contributed by atoms with Gasteiger partial charge in [-0.15, -0.1) is 0 Å². The summed E-state index contributed by atoms with van der Waals surface area (Å²) >= 11 is 0. The van der Waals surface area contributed by atoms with Crippen molar-refractivity contribution in [3.8, 4) is 0 Å². The van der Waals surface area contributed by atoms with E-state index in [1.165, 1.54) is 7.11 Å². The second-order valence-corrected chi connectivity index (χ2v) is 17.2. The molecular weight excluding hydrogens is 560 g/mol. The van der Waals surface area contributed by atoms with Crippen molar-refractivity contribution in [1.82, 2.24) is 20.0 Å². The first-order chi connectivity index (χ1) is 20.1. The zero-order valence-corrected chi connectivity index (χ0v) is 29.3. The molecule has 0 aromatic carbocycles. The number of carbonyl (C=O) groups is 3. The minimum atomic E-state index is -0.782. The van der Waals surface area contributed by atoms with Gasteiger partial charge in [0.15, 0.2) is 11.2 Å². The summed E-state index contributed by atoms with van der Waals surface area (Å²) in [6.45, 7) is 17.9. The summed E-state index contributed by atoms with van der Waals surface area (Å²) in [7, 11) is 5.66. The quantitative estimate of drug-likeness (QED) is 0.467. The molecule has 4 heterocycles. The third-order valence-corrected chi connectivity index (χ3v) is 12.2. The maximum Gasteiger partial charge on any atom is 0.307 e. The van der Waals surface area contributed by atoms with Crippen LogP contribution in [0.4, 0.5) is 0 Å². The summed E-state index contributed by atoms with van der Waals surface area (Å²) in [6.07, 6.45) is 8.99. The van der Waals surface area contributed by atoms with Crippen LogP contribution in [-0.4, -0.2) is 105 Å². The van der Waals surface area contributed by atoms with Gasteiger partial charge in [-0.2, -0.15) is 0 Å². The molecule has 0 atom stereocenters. The number of carbonyl (C=O) groups excluding carboxylic acids is 3. The maximum atomic E-state index is 13.5. The summed E-state index contributed by atoms with van der Waals surface area (Å²) < 4.78 is 17.7. The predicted octanol–water partition coefficient (Wildman–Crippen LogP) is 4.34. The van der Waals surface area contributed by atoms with Crippen LogP contribution in [0.3, 0.4) is 0 Å². The van der Waals surface area contributed by atoms with Crippen LogP contribution in [-0.2, 0) is 28.6 Å². The van der Waals surface area contributed by atoms with E-state index in [0.29, 0.717) is 19.4 Å². The lowest BCUT2D eigenvalue weighted by atomic mass is 9.71. The molecule has 0 aromatic heterocycles. The molecular formula is C34H58N4O6. The van der Waals surface area contributed by atoms with Gasteiger partial charge in [-0.3, -0.25) is 24.2 Å². The van der Waals surface area contributed by atoms with Gasteiger partial charge in [0.05, 0.1) is 13.5 Å². The highest BCUT2D eigenvalue weighted by atomic mass is 16.6. The number of piperidine rings is 2. The number of nitrogens with one attached hydrogen (secondary N) is 1. The van der Waals surface area contributed by atoms with Crippen molar-refractivity contribution in [2.24, 2.45) is 0 Å². The molecule has 4 saturated heterocycles. The molecule has 0 aromatic rings. The van der Waals surface area contributed by atoms with Crippen molar-refractivity contribution in [2.75, 3.05) is 27.7 Å². The number of methoxy groups -OCH3 is 1. The SMILES string of the molecule is CN1C(C)(C)CC2(CC1(C)C)OC1(CCC1)NC2=O.COC(=O)CCN1C(=O)C2(CC(C)(C)N(C)C(C)(C)C2)OC12CCC2. The van der Waals surface area contributed by atoms with Crippen molar-refractivity contribution in [3.63, 3.8) is 0 Å². The monoisotopic (exact) mass is 618 g/mol. The van der Waals surface area contributed by atoms with E-state index in [1.807, 2.05) is 4.90 Å². The van der Waals surface area contributed by atoms with Crippen LogP contribution in [0.15, 0.2) is 0 Å². The molecule has 6 aliphatic rings. The van der Waals surface area contributed by atoms with Gasteiger partial charge in [0.1, 0.15) is 11.4 Å². The molecule has 0 unspecified atom stereocenters. The minimum absolute atomic E-state index is 0.0334. The highest BCUT2D eigenvalue weighted by molar-refractivity contribution is 5.89. The van der Waals surface area contributed by atoms with Gasteiger partial charge in [-0.25, -0.2) is 0 Å². The Labute approximate surface area is 264 Å². The Hall–Kier alpha value is -1.75. The van der Waals surface area contributed by atoms with Crippen LogP contribution >= 0.6 is 0 Å². The number of ether oxygens (including phenoxy) is 3. The molecule has 0 bridgehead atoms. The van der Waals surface area contributed by atoms with Crippen LogP contribution in [0.5, 0.6) is 0 Å². The van der Waals surface area contributed by atoms with Gasteiger partial charge < -0.3 is 24.4 Å². The van der Waals surface area contributed by atoms with E-state index in [9.17, 15) is 14.4 Å². The Balaban J connectivity index is 0.000000181. The highest BCUT2D eigenvalue weighted by Crippen LogP contribution is 2.56. The van der Waals surface area contributed by atoms with E-state index >= 15 is 0 Å². The lowest BCUT2D eigenvalue weighted by molar-refractivity contribution is -0.216. The normalized spacial score (nSPS) is 31.3. The first-order valence-electron chi connectivity index (χ1n) is 16.7. The Kier molecular flexibility index (Phi) is 7.93. The molecule has 10 heteroatoms. The summed E-state index contributed by atoms with van der Waals surface area (Å²) in [5.74, 6) is -0.112. The van der Waals surface area contributed by atoms with E-state index < -0.39 is 16.9 Å². The second kappa shape index (κ2) is 10.4. The van der Waals surface area contributed by atoms with Crippen LogP contribution in [0, 0.1) is 0 Å². The van der Waals surface area contributed by atoms with Gasteiger partial charge >= 0.3 is 5.97 Å². The zero-order chi connectivity index (χ0) is 32.8. The predicted molar refractivity (Wildman–Crippen MR) is 168 cm³/mol. The van der Waals surface area contributed by atoms with Crippen molar-refractivity contribution in [1.29, 1.82) is 0 Å². The summed E-state index contributed by atoms with van der Waals surface area (Å²) in [5.41, 5.74) is -2.59. The number of hydrogen-bond acceptors (Lipinski definition) is 8. The van der Waals surface area contributed by atoms with E-state index in [4.69, 9.17) is 14.2 Å². The number of hydrogen-bond donors (Lipinski definition) is 1. The van der Waals surface area contributed by atoms with Gasteiger partial charge in [0.25, 0.3) is 11.8 Å². The maximum absolute atomic E-state index is 13.5. The first kappa shape index (κ1) is 33.6. The molecule has 2 aliphatic carbocycles. The average molecular weight is 619 g/mol. The summed E-state index contributed by atoms with van der Waals surface area (Å²) in [5, 5.41) is 3.14.